The van der Waals surface area contributed by atoms with E-state index in [1.807, 2.05) is 6.26 Å². The lowest BCUT2D eigenvalue weighted by Crippen LogP contribution is -2.04. The number of ether oxygens (including phenoxy) is 1. The van der Waals surface area contributed by atoms with Crippen LogP contribution in [-0.4, -0.2) is 23.9 Å². The van der Waals surface area contributed by atoms with Crippen molar-refractivity contribution in [2.45, 2.75) is 11.8 Å². The third kappa shape index (κ3) is 2.20. The Kier molecular flexibility index (Phi) is 3.83. The molecule has 3 nitrogen and oxygen atoms in total. The molecule has 1 aromatic rings. The highest BCUT2D eigenvalue weighted by molar-refractivity contribution is 7.98. The van der Waals surface area contributed by atoms with Gasteiger partial charge in [-0.1, -0.05) is 6.07 Å². The normalized spacial score (nSPS) is 9.86. The third-order valence-corrected chi connectivity index (χ3v) is 2.48. The summed E-state index contributed by atoms with van der Waals surface area (Å²) in [4.78, 5) is 12.0. The predicted molar refractivity (Wildman–Crippen MR) is 55.8 cm³/mol. The molecule has 4 heteroatoms. The van der Waals surface area contributed by atoms with Gasteiger partial charge in [-0.2, -0.15) is 0 Å². The summed E-state index contributed by atoms with van der Waals surface area (Å²) in [5, 5.41) is 9.66. The van der Waals surface area contributed by atoms with Gasteiger partial charge in [0, 0.05) is 4.90 Å². The van der Waals surface area contributed by atoms with E-state index < -0.39 is 5.97 Å². The monoisotopic (exact) mass is 212 g/mol. The van der Waals surface area contributed by atoms with Gasteiger partial charge >= 0.3 is 5.97 Å². The number of carbonyl (C=O) groups is 1. The molecule has 0 saturated carbocycles. The van der Waals surface area contributed by atoms with Crippen LogP contribution in [-0.2, 0) is 4.74 Å². The fraction of sp³-hybridized carbons (Fsp3) is 0.300. The first-order valence-electron chi connectivity index (χ1n) is 4.23. The third-order valence-electron chi connectivity index (χ3n) is 1.71. The van der Waals surface area contributed by atoms with Crippen molar-refractivity contribution in [2.24, 2.45) is 0 Å². The van der Waals surface area contributed by atoms with E-state index in [1.165, 1.54) is 11.8 Å². The van der Waals surface area contributed by atoms with Gasteiger partial charge in [-0.15, -0.1) is 11.8 Å². The summed E-state index contributed by atoms with van der Waals surface area (Å²) >= 11 is 1.39. The van der Waals surface area contributed by atoms with Gasteiger partial charge in [0.15, 0.2) is 0 Å². The molecule has 0 aliphatic rings. The lowest BCUT2D eigenvalue weighted by atomic mass is 10.2. The molecule has 1 N–H and O–H groups in total. The van der Waals surface area contributed by atoms with Crippen LogP contribution >= 0.6 is 11.8 Å². The van der Waals surface area contributed by atoms with E-state index in [2.05, 4.69) is 0 Å². The van der Waals surface area contributed by atoms with Crippen LogP contribution in [0.25, 0.3) is 0 Å². The Morgan fingerprint density at radius 1 is 1.57 bits per heavy atom. The van der Waals surface area contributed by atoms with Crippen molar-refractivity contribution < 1.29 is 14.6 Å². The molecule has 0 atom stereocenters. The Balaban J connectivity index is 3.03. The van der Waals surface area contributed by atoms with Gasteiger partial charge in [0.1, 0.15) is 11.3 Å². The lowest BCUT2D eigenvalue weighted by Gasteiger charge is -2.06. The summed E-state index contributed by atoms with van der Waals surface area (Å²) in [5.41, 5.74) is 0.221. The Hall–Kier alpha value is -1.16. The van der Waals surface area contributed by atoms with E-state index in [9.17, 15) is 9.90 Å². The summed E-state index contributed by atoms with van der Waals surface area (Å²) in [6.45, 7) is 2.04. The quantitative estimate of drug-likeness (QED) is 0.617. The Bertz CT molecular complexity index is 336. The number of aromatic hydroxyl groups is 1. The first kappa shape index (κ1) is 10.9. The van der Waals surface area contributed by atoms with E-state index in [0.717, 1.165) is 0 Å². The second kappa shape index (κ2) is 4.91. The van der Waals surface area contributed by atoms with Crippen LogP contribution in [0.3, 0.4) is 0 Å². The van der Waals surface area contributed by atoms with Crippen LogP contribution in [0.4, 0.5) is 0 Å². The minimum absolute atomic E-state index is 0.00144. The fourth-order valence-electron chi connectivity index (χ4n) is 1.06. The molecule has 0 aliphatic carbocycles. The molecule has 1 aromatic carbocycles. The number of hydrogen-bond acceptors (Lipinski definition) is 4. The van der Waals surface area contributed by atoms with Gasteiger partial charge in [-0.25, -0.2) is 4.79 Å². The zero-order chi connectivity index (χ0) is 10.6. The van der Waals surface area contributed by atoms with Crippen molar-refractivity contribution in [2.75, 3.05) is 12.9 Å². The molecule has 0 bridgehead atoms. The second-order valence-corrected chi connectivity index (χ2v) is 3.42. The lowest BCUT2D eigenvalue weighted by molar-refractivity contribution is 0.0522. The minimum atomic E-state index is -0.485. The van der Waals surface area contributed by atoms with E-state index >= 15 is 0 Å². The van der Waals surface area contributed by atoms with Gasteiger partial charge in [-0.05, 0) is 25.3 Å². The number of phenolic OH excluding ortho intramolecular Hbond substituents is 1. The number of rotatable bonds is 3. The van der Waals surface area contributed by atoms with Crippen molar-refractivity contribution >= 4 is 17.7 Å². The molecule has 0 aromatic heterocycles. The molecule has 14 heavy (non-hydrogen) atoms. The van der Waals surface area contributed by atoms with Crippen LogP contribution in [0.5, 0.6) is 5.75 Å². The standard InChI is InChI=1S/C10H12O3S/c1-3-13-10(12)7-5-4-6-8(14-2)9(7)11/h4-6,11H,3H2,1-2H3. The average Bonchev–Trinajstić information content (AvgIpc) is 2.18. The molecule has 0 spiro atoms. The molecule has 0 aliphatic heterocycles. The van der Waals surface area contributed by atoms with Crippen molar-refractivity contribution in [1.82, 2.24) is 0 Å². The molecule has 0 radical (unpaired) electrons. The largest absolute Gasteiger partial charge is 0.506 e. The zero-order valence-corrected chi connectivity index (χ0v) is 8.93. The maximum absolute atomic E-state index is 11.3. The second-order valence-electron chi connectivity index (χ2n) is 2.58. The number of benzene rings is 1. The molecule has 0 fully saturated rings. The maximum atomic E-state index is 11.3. The summed E-state index contributed by atoms with van der Waals surface area (Å²) in [7, 11) is 0. The van der Waals surface area contributed by atoms with Crippen LogP contribution in [0.15, 0.2) is 23.1 Å². The van der Waals surface area contributed by atoms with E-state index in [-0.39, 0.29) is 11.3 Å². The summed E-state index contributed by atoms with van der Waals surface area (Å²) < 4.78 is 4.80. The number of para-hydroxylation sites is 1. The number of esters is 1. The van der Waals surface area contributed by atoms with Crippen molar-refractivity contribution in [3.63, 3.8) is 0 Å². The Morgan fingerprint density at radius 3 is 2.86 bits per heavy atom. The van der Waals surface area contributed by atoms with Gasteiger partial charge in [0.25, 0.3) is 0 Å². The molecule has 0 amide bonds. The molecular formula is C10H12O3S. The fourth-order valence-corrected chi connectivity index (χ4v) is 1.58. The number of thioether (sulfide) groups is 1. The SMILES string of the molecule is CCOC(=O)c1cccc(SC)c1O. The van der Waals surface area contributed by atoms with Crippen LogP contribution < -0.4 is 0 Å². The average molecular weight is 212 g/mol. The highest BCUT2D eigenvalue weighted by Crippen LogP contribution is 2.30. The molecule has 76 valence electrons. The number of hydrogen-bond donors (Lipinski definition) is 1. The maximum Gasteiger partial charge on any atom is 0.341 e. The molecule has 1 rings (SSSR count). The number of phenols is 1. The summed E-state index contributed by atoms with van der Waals surface area (Å²) in [5.74, 6) is -0.487. The van der Waals surface area contributed by atoms with Gasteiger partial charge in [0.05, 0.1) is 6.61 Å². The predicted octanol–water partition coefficient (Wildman–Crippen LogP) is 2.29. The van der Waals surface area contributed by atoms with Crippen molar-refractivity contribution in [3.8, 4) is 5.75 Å². The van der Waals surface area contributed by atoms with E-state index in [1.54, 1.807) is 25.1 Å². The van der Waals surface area contributed by atoms with Crippen molar-refractivity contribution in [3.05, 3.63) is 23.8 Å². The zero-order valence-electron chi connectivity index (χ0n) is 8.11. The highest BCUT2D eigenvalue weighted by atomic mass is 32.2. The summed E-state index contributed by atoms with van der Waals surface area (Å²) in [6.07, 6.45) is 1.84. The number of carbonyl (C=O) groups excluding carboxylic acids is 1. The van der Waals surface area contributed by atoms with Gasteiger partial charge in [0.2, 0.25) is 0 Å². The van der Waals surface area contributed by atoms with Crippen LogP contribution in [0.2, 0.25) is 0 Å². The summed E-state index contributed by atoms with van der Waals surface area (Å²) in [6, 6.07) is 5.02. The molecule has 0 heterocycles. The highest BCUT2D eigenvalue weighted by Gasteiger charge is 2.14. The molecule has 0 unspecified atom stereocenters. The molecular weight excluding hydrogens is 200 g/mol. The van der Waals surface area contributed by atoms with Gasteiger partial charge < -0.3 is 9.84 Å². The van der Waals surface area contributed by atoms with Crippen LogP contribution in [0, 0.1) is 0 Å². The molecule has 0 saturated heterocycles. The van der Waals surface area contributed by atoms with E-state index in [4.69, 9.17) is 4.74 Å². The van der Waals surface area contributed by atoms with E-state index in [0.29, 0.717) is 11.5 Å². The Morgan fingerprint density at radius 2 is 2.29 bits per heavy atom. The van der Waals surface area contributed by atoms with Gasteiger partial charge in [-0.3, -0.25) is 0 Å². The minimum Gasteiger partial charge on any atom is -0.506 e. The topological polar surface area (TPSA) is 46.5 Å². The first-order chi connectivity index (χ1) is 6.70. The van der Waals surface area contributed by atoms with Crippen LogP contribution in [0.1, 0.15) is 17.3 Å². The Labute approximate surface area is 87.1 Å². The first-order valence-corrected chi connectivity index (χ1v) is 5.46. The smallest absolute Gasteiger partial charge is 0.341 e. The van der Waals surface area contributed by atoms with Crippen molar-refractivity contribution in [1.29, 1.82) is 0 Å².